The molecule has 1 aromatic rings. The van der Waals surface area contributed by atoms with Crippen LogP contribution in [0.25, 0.3) is 0 Å². The fraction of sp³-hybridized carbons (Fsp3) is 0.286. The Hall–Kier alpha value is -2.70. The first-order valence-electron chi connectivity index (χ1n) is 6.31. The summed E-state index contributed by atoms with van der Waals surface area (Å²) in [4.78, 5) is 33.3. The number of para-hydroxylation sites is 1. The van der Waals surface area contributed by atoms with Crippen molar-refractivity contribution in [1.29, 1.82) is 0 Å². The zero-order chi connectivity index (χ0) is 15.8. The number of carbonyl (C=O) groups excluding carboxylic acids is 2. The predicted molar refractivity (Wildman–Crippen MR) is 75.3 cm³/mol. The van der Waals surface area contributed by atoms with E-state index in [2.05, 4.69) is 5.32 Å². The van der Waals surface area contributed by atoms with E-state index in [1.807, 2.05) is 0 Å². The van der Waals surface area contributed by atoms with Gasteiger partial charge in [-0.15, -0.1) is 0 Å². The van der Waals surface area contributed by atoms with Crippen molar-refractivity contribution in [3.05, 3.63) is 51.7 Å². The van der Waals surface area contributed by atoms with E-state index >= 15 is 0 Å². The third kappa shape index (κ3) is 5.43. The number of esters is 1. The fourth-order valence-corrected chi connectivity index (χ4v) is 1.67. The van der Waals surface area contributed by atoms with Gasteiger partial charge in [0.1, 0.15) is 0 Å². The van der Waals surface area contributed by atoms with Crippen molar-refractivity contribution in [3.63, 3.8) is 0 Å². The molecule has 0 unspecified atom stereocenters. The minimum atomic E-state index is -0.555. The first-order chi connectivity index (χ1) is 9.93. The van der Waals surface area contributed by atoms with Crippen molar-refractivity contribution in [2.45, 2.75) is 20.3 Å². The van der Waals surface area contributed by atoms with E-state index in [9.17, 15) is 19.7 Å². The summed E-state index contributed by atoms with van der Waals surface area (Å²) >= 11 is 0. The maximum absolute atomic E-state index is 11.8. The molecule has 7 heteroatoms. The van der Waals surface area contributed by atoms with Gasteiger partial charge in [-0.3, -0.25) is 14.9 Å². The van der Waals surface area contributed by atoms with Crippen LogP contribution in [0.5, 0.6) is 0 Å². The number of rotatable bonds is 6. The average molecular weight is 292 g/mol. The standard InChI is InChI=1S/C14H16N2O5/c1-3-21-14(18)8-10(2)15-13(17)9-11-6-4-5-7-12(11)16(19)20/h4-8H,3,9H2,1-2H3,(H,15,17). The van der Waals surface area contributed by atoms with Gasteiger partial charge in [0.15, 0.2) is 0 Å². The normalized spacial score (nSPS) is 10.9. The zero-order valence-corrected chi connectivity index (χ0v) is 11.8. The van der Waals surface area contributed by atoms with E-state index in [4.69, 9.17) is 4.74 Å². The molecule has 1 aromatic carbocycles. The number of benzene rings is 1. The molecule has 0 fully saturated rings. The van der Waals surface area contributed by atoms with Gasteiger partial charge in [-0.25, -0.2) is 4.79 Å². The Morgan fingerprint density at radius 3 is 2.67 bits per heavy atom. The molecule has 0 spiro atoms. The van der Waals surface area contributed by atoms with Gasteiger partial charge < -0.3 is 10.1 Å². The lowest BCUT2D eigenvalue weighted by Crippen LogP contribution is -2.24. The van der Waals surface area contributed by atoms with E-state index in [1.165, 1.54) is 25.1 Å². The van der Waals surface area contributed by atoms with Crippen LogP contribution in [0.4, 0.5) is 5.69 Å². The molecule has 1 rings (SSSR count). The second-order valence-electron chi connectivity index (χ2n) is 4.19. The zero-order valence-electron chi connectivity index (χ0n) is 11.8. The SMILES string of the molecule is CCOC(=O)C=C(C)NC(=O)Cc1ccccc1[N+](=O)[O-]. The predicted octanol–water partition coefficient (Wildman–Crippen LogP) is 1.72. The summed E-state index contributed by atoms with van der Waals surface area (Å²) < 4.78 is 4.71. The molecule has 0 radical (unpaired) electrons. The van der Waals surface area contributed by atoms with E-state index < -0.39 is 16.8 Å². The van der Waals surface area contributed by atoms with Crippen LogP contribution in [-0.4, -0.2) is 23.4 Å². The van der Waals surface area contributed by atoms with Gasteiger partial charge in [0.2, 0.25) is 5.91 Å². The van der Waals surface area contributed by atoms with E-state index in [0.717, 1.165) is 6.08 Å². The summed E-state index contributed by atoms with van der Waals surface area (Å²) in [5.74, 6) is -0.997. The number of amides is 1. The lowest BCUT2D eigenvalue weighted by Gasteiger charge is -2.06. The Bertz CT molecular complexity index is 580. The van der Waals surface area contributed by atoms with Crippen LogP contribution in [0, 0.1) is 10.1 Å². The monoisotopic (exact) mass is 292 g/mol. The molecule has 0 bridgehead atoms. The van der Waals surface area contributed by atoms with Crippen molar-refractivity contribution in [3.8, 4) is 0 Å². The number of ether oxygens (including phenoxy) is 1. The van der Waals surface area contributed by atoms with E-state index in [1.54, 1.807) is 13.0 Å². The molecular formula is C14H16N2O5. The first kappa shape index (κ1) is 16.4. The highest BCUT2D eigenvalue weighted by Gasteiger charge is 2.15. The second-order valence-corrected chi connectivity index (χ2v) is 4.19. The van der Waals surface area contributed by atoms with E-state index in [-0.39, 0.29) is 18.7 Å². The van der Waals surface area contributed by atoms with Crippen molar-refractivity contribution in [2.75, 3.05) is 6.61 Å². The number of nitro benzene ring substituents is 1. The summed E-state index contributed by atoms with van der Waals surface area (Å²) in [6.07, 6.45) is 1.01. The Kier molecular flexibility index (Phi) is 6.06. The molecule has 0 aliphatic heterocycles. The summed E-state index contributed by atoms with van der Waals surface area (Å²) in [7, 11) is 0. The Morgan fingerprint density at radius 1 is 1.38 bits per heavy atom. The number of carbonyl (C=O) groups is 2. The van der Waals surface area contributed by atoms with Crippen LogP contribution in [0.3, 0.4) is 0 Å². The molecule has 0 saturated carbocycles. The van der Waals surface area contributed by atoms with Crippen LogP contribution < -0.4 is 5.32 Å². The number of hydrogen-bond donors (Lipinski definition) is 1. The van der Waals surface area contributed by atoms with Gasteiger partial charge in [-0.1, -0.05) is 18.2 Å². The molecule has 0 aromatic heterocycles. The van der Waals surface area contributed by atoms with Gasteiger partial charge in [0.25, 0.3) is 5.69 Å². The highest BCUT2D eigenvalue weighted by molar-refractivity contribution is 5.86. The van der Waals surface area contributed by atoms with Gasteiger partial charge in [0, 0.05) is 23.4 Å². The molecule has 112 valence electrons. The molecule has 0 aliphatic rings. The molecule has 1 N–H and O–H groups in total. The summed E-state index contributed by atoms with van der Waals surface area (Å²) in [6, 6.07) is 6.01. The molecule has 0 saturated heterocycles. The quantitative estimate of drug-likeness (QED) is 0.372. The topological polar surface area (TPSA) is 98.5 Å². The van der Waals surface area contributed by atoms with Crippen LogP contribution in [0.15, 0.2) is 36.0 Å². The number of allylic oxidation sites excluding steroid dienone is 1. The van der Waals surface area contributed by atoms with Crippen molar-refractivity contribution < 1.29 is 19.2 Å². The number of hydrogen-bond acceptors (Lipinski definition) is 5. The molecular weight excluding hydrogens is 276 g/mol. The Balaban J connectivity index is 2.70. The highest BCUT2D eigenvalue weighted by Crippen LogP contribution is 2.18. The number of nitrogens with one attached hydrogen (secondary N) is 1. The van der Waals surface area contributed by atoms with Crippen molar-refractivity contribution >= 4 is 17.6 Å². The van der Waals surface area contributed by atoms with Crippen LogP contribution >= 0.6 is 0 Å². The minimum absolute atomic E-state index is 0.111. The molecule has 21 heavy (non-hydrogen) atoms. The van der Waals surface area contributed by atoms with Gasteiger partial charge in [0.05, 0.1) is 18.0 Å². The lowest BCUT2D eigenvalue weighted by atomic mass is 10.1. The maximum Gasteiger partial charge on any atom is 0.332 e. The Labute approximate surface area is 121 Å². The van der Waals surface area contributed by atoms with Gasteiger partial charge in [-0.05, 0) is 13.8 Å². The summed E-state index contributed by atoms with van der Waals surface area (Å²) in [5.41, 5.74) is 0.514. The summed E-state index contributed by atoms with van der Waals surface area (Å²) in [6.45, 7) is 3.45. The smallest absolute Gasteiger partial charge is 0.332 e. The van der Waals surface area contributed by atoms with E-state index in [0.29, 0.717) is 11.3 Å². The third-order valence-corrected chi connectivity index (χ3v) is 2.50. The fourth-order valence-electron chi connectivity index (χ4n) is 1.67. The molecule has 7 nitrogen and oxygen atoms in total. The summed E-state index contributed by atoms with van der Waals surface area (Å²) in [5, 5.41) is 13.3. The number of nitrogens with zero attached hydrogens (tertiary/aromatic N) is 1. The second kappa shape index (κ2) is 7.78. The average Bonchev–Trinajstić information content (AvgIpc) is 2.38. The van der Waals surface area contributed by atoms with Crippen LogP contribution in [0.2, 0.25) is 0 Å². The van der Waals surface area contributed by atoms with Gasteiger partial charge >= 0.3 is 5.97 Å². The van der Waals surface area contributed by atoms with Crippen LogP contribution in [0.1, 0.15) is 19.4 Å². The first-order valence-corrected chi connectivity index (χ1v) is 6.31. The number of nitro groups is 1. The van der Waals surface area contributed by atoms with Gasteiger partial charge in [-0.2, -0.15) is 0 Å². The van der Waals surface area contributed by atoms with Crippen LogP contribution in [-0.2, 0) is 20.7 Å². The molecule has 0 atom stereocenters. The van der Waals surface area contributed by atoms with Crippen molar-refractivity contribution in [2.24, 2.45) is 0 Å². The Morgan fingerprint density at radius 2 is 2.05 bits per heavy atom. The lowest BCUT2D eigenvalue weighted by molar-refractivity contribution is -0.385. The molecule has 1 amide bonds. The minimum Gasteiger partial charge on any atom is -0.463 e. The maximum atomic E-state index is 11.8. The molecule has 0 heterocycles. The molecule has 0 aliphatic carbocycles. The third-order valence-electron chi connectivity index (χ3n) is 2.50. The largest absolute Gasteiger partial charge is 0.463 e. The highest BCUT2D eigenvalue weighted by atomic mass is 16.6. The van der Waals surface area contributed by atoms with Crippen molar-refractivity contribution in [1.82, 2.24) is 5.32 Å².